The van der Waals surface area contributed by atoms with Crippen LogP contribution >= 0.6 is 0 Å². The topological polar surface area (TPSA) is 26.8 Å². The van der Waals surface area contributed by atoms with Gasteiger partial charge < -0.3 is 14.7 Å². The normalized spacial score (nSPS) is 10.8. The standard InChI is InChI=1S/C21H29N3O/c1-17-10-12-19(13-11-17)23(5)21(25)16-24(15-14-22(3)4)20-9-7-6-8-18(20)2/h6-13H,14-16H2,1-5H3. The molecule has 0 aliphatic heterocycles. The third kappa shape index (κ3) is 5.33. The lowest BCUT2D eigenvalue weighted by molar-refractivity contribution is -0.117. The fourth-order valence-corrected chi connectivity index (χ4v) is 2.71. The van der Waals surface area contributed by atoms with Crippen molar-refractivity contribution in [3.8, 4) is 0 Å². The van der Waals surface area contributed by atoms with Crippen LogP contribution in [0.5, 0.6) is 0 Å². The van der Waals surface area contributed by atoms with Crippen molar-refractivity contribution in [2.75, 3.05) is 50.6 Å². The van der Waals surface area contributed by atoms with Gasteiger partial charge in [0.25, 0.3) is 0 Å². The molecule has 0 spiro atoms. The number of carbonyl (C=O) groups is 1. The van der Waals surface area contributed by atoms with E-state index in [9.17, 15) is 4.79 Å². The number of amides is 1. The van der Waals surface area contributed by atoms with Gasteiger partial charge in [0.1, 0.15) is 0 Å². The molecule has 0 heterocycles. The zero-order chi connectivity index (χ0) is 18.4. The molecular formula is C21H29N3O. The number of rotatable bonds is 7. The van der Waals surface area contributed by atoms with E-state index in [-0.39, 0.29) is 5.91 Å². The van der Waals surface area contributed by atoms with Gasteiger partial charge in [-0.2, -0.15) is 0 Å². The zero-order valence-corrected chi connectivity index (χ0v) is 16.0. The second kappa shape index (κ2) is 8.67. The molecule has 0 saturated carbocycles. The maximum Gasteiger partial charge on any atom is 0.246 e. The van der Waals surface area contributed by atoms with Gasteiger partial charge in [-0.1, -0.05) is 35.9 Å². The van der Waals surface area contributed by atoms with E-state index < -0.39 is 0 Å². The number of aryl methyl sites for hydroxylation is 2. The third-order valence-electron chi connectivity index (χ3n) is 4.39. The van der Waals surface area contributed by atoms with Crippen molar-refractivity contribution < 1.29 is 4.79 Å². The van der Waals surface area contributed by atoms with Crippen molar-refractivity contribution >= 4 is 17.3 Å². The van der Waals surface area contributed by atoms with Crippen LogP contribution in [0.25, 0.3) is 0 Å². The number of para-hydroxylation sites is 1. The van der Waals surface area contributed by atoms with Crippen molar-refractivity contribution in [3.63, 3.8) is 0 Å². The summed E-state index contributed by atoms with van der Waals surface area (Å²) in [6.45, 7) is 6.21. The smallest absolute Gasteiger partial charge is 0.246 e. The predicted octanol–water partition coefficient (Wildman–Crippen LogP) is 3.33. The van der Waals surface area contributed by atoms with Gasteiger partial charge in [-0.15, -0.1) is 0 Å². The largest absolute Gasteiger partial charge is 0.361 e. The van der Waals surface area contributed by atoms with Gasteiger partial charge in [0.15, 0.2) is 0 Å². The molecule has 0 radical (unpaired) electrons. The van der Waals surface area contributed by atoms with E-state index in [1.165, 1.54) is 11.1 Å². The fraction of sp³-hybridized carbons (Fsp3) is 0.381. The highest BCUT2D eigenvalue weighted by Crippen LogP contribution is 2.20. The fourth-order valence-electron chi connectivity index (χ4n) is 2.71. The molecule has 0 aliphatic rings. The summed E-state index contributed by atoms with van der Waals surface area (Å²) in [5.41, 5.74) is 4.42. The van der Waals surface area contributed by atoms with Crippen molar-refractivity contribution in [2.45, 2.75) is 13.8 Å². The van der Waals surface area contributed by atoms with Crippen LogP contribution in [0.4, 0.5) is 11.4 Å². The summed E-state index contributed by atoms with van der Waals surface area (Å²) in [5.74, 6) is 0.0888. The molecule has 0 unspecified atom stereocenters. The second-order valence-electron chi connectivity index (χ2n) is 6.80. The summed E-state index contributed by atoms with van der Waals surface area (Å²) in [4.78, 5) is 18.9. The van der Waals surface area contributed by atoms with Crippen molar-refractivity contribution in [1.82, 2.24) is 4.90 Å². The first-order valence-electron chi connectivity index (χ1n) is 8.67. The molecule has 0 fully saturated rings. The molecule has 0 bridgehead atoms. The van der Waals surface area contributed by atoms with Gasteiger partial charge in [-0.3, -0.25) is 4.79 Å². The molecule has 4 heteroatoms. The van der Waals surface area contributed by atoms with Crippen LogP contribution in [0, 0.1) is 13.8 Å². The van der Waals surface area contributed by atoms with E-state index in [0.29, 0.717) is 6.54 Å². The minimum Gasteiger partial charge on any atom is -0.361 e. The van der Waals surface area contributed by atoms with Crippen LogP contribution in [-0.4, -0.2) is 51.6 Å². The van der Waals surface area contributed by atoms with E-state index in [0.717, 1.165) is 24.5 Å². The number of anilines is 2. The summed E-state index contributed by atoms with van der Waals surface area (Å²) in [7, 11) is 5.95. The molecule has 2 aromatic carbocycles. The van der Waals surface area contributed by atoms with Crippen molar-refractivity contribution in [1.29, 1.82) is 0 Å². The van der Waals surface area contributed by atoms with Gasteiger partial charge >= 0.3 is 0 Å². The summed E-state index contributed by atoms with van der Waals surface area (Å²) >= 11 is 0. The Labute approximate surface area is 151 Å². The molecule has 1 amide bonds. The van der Waals surface area contributed by atoms with Gasteiger partial charge in [-0.05, 0) is 51.7 Å². The van der Waals surface area contributed by atoms with Crippen LogP contribution in [0.15, 0.2) is 48.5 Å². The van der Waals surface area contributed by atoms with Crippen LogP contribution in [0.1, 0.15) is 11.1 Å². The Morgan fingerprint density at radius 3 is 2.12 bits per heavy atom. The van der Waals surface area contributed by atoms with Crippen LogP contribution in [0.2, 0.25) is 0 Å². The van der Waals surface area contributed by atoms with E-state index in [1.807, 2.05) is 50.4 Å². The molecule has 25 heavy (non-hydrogen) atoms. The zero-order valence-electron chi connectivity index (χ0n) is 16.0. The molecule has 0 aromatic heterocycles. The molecule has 4 nitrogen and oxygen atoms in total. The number of hydrogen-bond donors (Lipinski definition) is 0. The lowest BCUT2D eigenvalue weighted by Gasteiger charge is -2.29. The molecule has 134 valence electrons. The molecule has 0 atom stereocenters. The van der Waals surface area contributed by atoms with E-state index >= 15 is 0 Å². The average Bonchev–Trinajstić information content (AvgIpc) is 2.59. The number of benzene rings is 2. The quantitative estimate of drug-likeness (QED) is 0.774. The van der Waals surface area contributed by atoms with Gasteiger partial charge in [0.05, 0.1) is 6.54 Å². The third-order valence-corrected chi connectivity index (χ3v) is 4.39. The Hall–Kier alpha value is -2.33. The first-order chi connectivity index (χ1) is 11.9. The number of hydrogen-bond acceptors (Lipinski definition) is 3. The number of nitrogens with zero attached hydrogens (tertiary/aromatic N) is 3. The Morgan fingerprint density at radius 2 is 1.52 bits per heavy atom. The highest BCUT2D eigenvalue weighted by molar-refractivity contribution is 5.96. The molecule has 2 aromatic rings. The van der Waals surface area contributed by atoms with E-state index in [4.69, 9.17) is 0 Å². The first kappa shape index (κ1) is 19.0. The van der Waals surface area contributed by atoms with E-state index in [1.54, 1.807) is 4.90 Å². The maximum atomic E-state index is 12.8. The van der Waals surface area contributed by atoms with Crippen LogP contribution < -0.4 is 9.80 Å². The summed E-state index contributed by atoms with van der Waals surface area (Å²) in [6.07, 6.45) is 0. The minimum atomic E-state index is 0.0888. The number of carbonyl (C=O) groups excluding carboxylic acids is 1. The van der Waals surface area contributed by atoms with Crippen LogP contribution in [-0.2, 0) is 4.79 Å². The molecule has 2 rings (SSSR count). The lowest BCUT2D eigenvalue weighted by atomic mass is 10.1. The average molecular weight is 339 g/mol. The van der Waals surface area contributed by atoms with Gasteiger partial charge in [0.2, 0.25) is 5.91 Å². The van der Waals surface area contributed by atoms with Gasteiger partial charge in [-0.25, -0.2) is 0 Å². The van der Waals surface area contributed by atoms with Crippen LogP contribution in [0.3, 0.4) is 0 Å². The summed E-state index contributed by atoms with van der Waals surface area (Å²) in [5, 5.41) is 0. The van der Waals surface area contributed by atoms with Crippen molar-refractivity contribution in [2.24, 2.45) is 0 Å². The Morgan fingerprint density at radius 1 is 0.880 bits per heavy atom. The molecule has 0 N–H and O–H groups in total. The Bertz CT molecular complexity index is 695. The maximum absolute atomic E-state index is 12.8. The molecule has 0 aliphatic carbocycles. The summed E-state index contributed by atoms with van der Waals surface area (Å²) in [6, 6.07) is 16.3. The predicted molar refractivity (Wildman–Crippen MR) is 107 cm³/mol. The monoisotopic (exact) mass is 339 g/mol. The van der Waals surface area contributed by atoms with Gasteiger partial charge in [0, 0.05) is 31.5 Å². The highest BCUT2D eigenvalue weighted by atomic mass is 16.2. The highest BCUT2D eigenvalue weighted by Gasteiger charge is 2.17. The van der Waals surface area contributed by atoms with E-state index in [2.05, 4.69) is 43.0 Å². The summed E-state index contributed by atoms with van der Waals surface area (Å²) < 4.78 is 0. The Balaban J connectivity index is 2.16. The van der Waals surface area contributed by atoms with Crippen molar-refractivity contribution in [3.05, 3.63) is 59.7 Å². The molecular weight excluding hydrogens is 310 g/mol. The minimum absolute atomic E-state index is 0.0888. The number of likely N-dealkylation sites (N-methyl/N-ethyl adjacent to an activating group) is 2. The SMILES string of the molecule is Cc1ccc(N(C)C(=O)CN(CCN(C)C)c2ccccc2C)cc1. The Kier molecular flexibility index (Phi) is 6.59. The molecule has 0 saturated heterocycles. The second-order valence-corrected chi connectivity index (χ2v) is 6.80. The first-order valence-corrected chi connectivity index (χ1v) is 8.67. The lowest BCUT2D eigenvalue weighted by Crippen LogP contribution is -2.41.